The number of thioether (sulfide) groups is 1. The maximum Gasteiger partial charge on any atom is 0.123 e. The summed E-state index contributed by atoms with van der Waals surface area (Å²) in [4.78, 5) is 0. The molecule has 2 N–H and O–H groups in total. The zero-order chi connectivity index (χ0) is 12.1. The van der Waals surface area contributed by atoms with Gasteiger partial charge in [-0.05, 0) is 18.2 Å². The van der Waals surface area contributed by atoms with Gasteiger partial charge in [0.25, 0.3) is 0 Å². The van der Waals surface area contributed by atoms with Gasteiger partial charge in [-0.25, -0.2) is 0 Å². The summed E-state index contributed by atoms with van der Waals surface area (Å²) < 4.78 is 5.29. The molecule has 1 unspecified atom stereocenters. The maximum absolute atomic E-state index is 10.2. The number of para-hydroxylation sites is 1. The number of aliphatic hydroxyl groups is 1. The zero-order valence-corrected chi connectivity index (χ0v) is 10.9. The van der Waals surface area contributed by atoms with E-state index in [0.717, 1.165) is 35.8 Å². The van der Waals surface area contributed by atoms with Gasteiger partial charge < -0.3 is 15.2 Å². The van der Waals surface area contributed by atoms with Crippen molar-refractivity contribution >= 4 is 11.8 Å². The fourth-order valence-corrected chi connectivity index (χ4v) is 3.31. The Labute approximate surface area is 107 Å². The van der Waals surface area contributed by atoms with Crippen LogP contribution < -0.4 is 10.1 Å². The van der Waals surface area contributed by atoms with Crippen LogP contribution in [0.3, 0.4) is 0 Å². The Bertz CT molecular complexity index is 364. The number of hydrogen-bond acceptors (Lipinski definition) is 4. The Morgan fingerprint density at radius 1 is 1.47 bits per heavy atom. The molecule has 1 atom stereocenters. The van der Waals surface area contributed by atoms with Crippen molar-refractivity contribution in [2.75, 3.05) is 25.2 Å². The molecule has 0 radical (unpaired) electrons. The predicted molar refractivity (Wildman–Crippen MR) is 71.6 cm³/mol. The van der Waals surface area contributed by atoms with Gasteiger partial charge in [0.05, 0.1) is 12.7 Å². The summed E-state index contributed by atoms with van der Waals surface area (Å²) >= 11 is 1.82. The monoisotopic (exact) mass is 253 g/mol. The Hall–Kier alpha value is -0.710. The minimum atomic E-state index is -0.521. The number of hydrogen-bond donors (Lipinski definition) is 2. The first kappa shape index (κ1) is 12.7. The van der Waals surface area contributed by atoms with Crippen LogP contribution >= 0.6 is 11.8 Å². The van der Waals surface area contributed by atoms with Crippen LogP contribution in [0, 0.1) is 0 Å². The molecule has 1 aliphatic rings. The highest BCUT2D eigenvalue weighted by Crippen LogP contribution is 2.27. The second kappa shape index (κ2) is 5.76. The molecule has 1 aromatic rings. The fourth-order valence-electron chi connectivity index (χ4n) is 2.01. The third-order valence-electron chi connectivity index (χ3n) is 3.04. The maximum atomic E-state index is 10.2. The van der Waals surface area contributed by atoms with E-state index in [0.29, 0.717) is 6.54 Å². The molecule has 1 fully saturated rings. The first-order valence-corrected chi connectivity index (χ1v) is 7.02. The van der Waals surface area contributed by atoms with Gasteiger partial charge in [0, 0.05) is 24.4 Å². The average Bonchev–Trinajstić information content (AvgIpc) is 2.77. The number of nitrogens with one attached hydrogen (secondary N) is 1. The Kier molecular flexibility index (Phi) is 4.31. The second-order valence-corrected chi connectivity index (χ2v) is 5.55. The van der Waals surface area contributed by atoms with E-state index in [9.17, 15) is 5.11 Å². The van der Waals surface area contributed by atoms with Gasteiger partial charge in [-0.2, -0.15) is 11.8 Å². The van der Waals surface area contributed by atoms with Crippen molar-refractivity contribution in [1.82, 2.24) is 5.32 Å². The van der Waals surface area contributed by atoms with Crippen LogP contribution in [-0.4, -0.2) is 35.9 Å². The van der Waals surface area contributed by atoms with Crippen LogP contribution in [-0.2, 0) is 6.54 Å². The summed E-state index contributed by atoms with van der Waals surface area (Å²) in [5.74, 6) is 2.80. The van der Waals surface area contributed by atoms with Crippen LogP contribution in [0.15, 0.2) is 24.3 Å². The van der Waals surface area contributed by atoms with Crippen LogP contribution in [0.2, 0.25) is 0 Å². The number of methoxy groups -OCH3 is 1. The molecule has 1 heterocycles. The lowest BCUT2D eigenvalue weighted by molar-refractivity contribution is 0.0674. The molecule has 0 bridgehead atoms. The highest BCUT2D eigenvalue weighted by molar-refractivity contribution is 7.99. The van der Waals surface area contributed by atoms with Crippen molar-refractivity contribution in [3.63, 3.8) is 0 Å². The highest BCUT2D eigenvalue weighted by Gasteiger charge is 2.30. The Morgan fingerprint density at radius 2 is 2.29 bits per heavy atom. The van der Waals surface area contributed by atoms with Crippen molar-refractivity contribution in [2.45, 2.75) is 18.6 Å². The summed E-state index contributed by atoms with van der Waals surface area (Å²) in [6.45, 7) is 1.38. The van der Waals surface area contributed by atoms with Crippen molar-refractivity contribution in [3.8, 4) is 5.75 Å². The standard InChI is InChI=1S/C13H19NO2S/c1-16-12-5-3-2-4-11(12)8-14-9-13(15)6-7-17-10-13/h2-5,14-15H,6-10H2,1H3. The smallest absolute Gasteiger partial charge is 0.123 e. The minimum absolute atomic E-state index is 0.521. The van der Waals surface area contributed by atoms with Crippen LogP contribution in [0.1, 0.15) is 12.0 Å². The molecule has 4 heteroatoms. The predicted octanol–water partition coefficient (Wildman–Crippen LogP) is 1.65. The molecule has 1 aliphatic heterocycles. The number of rotatable bonds is 5. The lowest BCUT2D eigenvalue weighted by atomic mass is 10.0. The van der Waals surface area contributed by atoms with Crippen LogP contribution in [0.25, 0.3) is 0 Å². The molecule has 0 amide bonds. The lowest BCUT2D eigenvalue weighted by Crippen LogP contribution is -2.40. The third kappa shape index (κ3) is 3.37. The summed E-state index contributed by atoms with van der Waals surface area (Å²) in [6, 6.07) is 7.96. The van der Waals surface area contributed by atoms with Crippen LogP contribution in [0.4, 0.5) is 0 Å². The zero-order valence-electron chi connectivity index (χ0n) is 10.1. The lowest BCUT2D eigenvalue weighted by Gasteiger charge is -2.22. The summed E-state index contributed by atoms with van der Waals surface area (Å²) in [5, 5.41) is 13.5. The van der Waals surface area contributed by atoms with E-state index in [1.54, 1.807) is 7.11 Å². The van der Waals surface area contributed by atoms with Gasteiger partial charge in [0.15, 0.2) is 0 Å². The molecule has 1 saturated heterocycles. The molecule has 3 nitrogen and oxygen atoms in total. The number of ether oxygens (including phenoxy) is 1. The van der Waals surface area contributed by atoms with Gasteiger partial charge in [-0.1, -0.05) is 18.2 Å². The van der Waals surface area contributed by atoms with Gasteiger partial charge in [0.1, 0.15) is 5.75 Å². The Morgan fingerprint density at radius 3 is 3.00 bits per heavy atom. The summed E-state index contributed by atoms with van der Waals surface area (Å²) in [7, 11) is 1.68. The van der Waals surface area contributed by atoms with Crippen molar-refractivity contribution < 1.29 is 9.84 Å². The second-order valence-electron chi connectivity index (χ2n) is 4.44. The molecule has 0 aliphatic carbocycles. The largest absolute Gasteiger partial charge is 0.496 e. The molecule has 0 spiro atoms. The van der Waals surface area contributed by atoms with E-state index in [2.05, 4.69) is 5.32 Å². The van der Waals surface area contributed by atoms with E-state index in [1.165, 1.54) is 0 Å². The molecular weight excluding hydrogens is 234 g/mol. The summed E-state index contributed by atoms with van der Waals surface area (Å²) in [5.41, 5.74) is 0.608. The summed E-state index contributed by atoms with van der Waals surface area (Å²) in [6.07, 6.45) is 0.886. The fraction of sp³-hybridized carbons (Fsp3) is 0.538. The highest BCUT2D eigenvalue weighted by atomic mass is 32.2. The van der Waals surface area contributed by atoms with E-state index in [-0.39, 0.29) is 0 Å². The molecule has 0 saturated carbocycles. The first-order chi connectivity index (χ1) is 8.23. The van der Waals surface area contributed by atoms with Gasteiger partial charge in [-0.15, -0.1) is 0 Å². The molecular formula is C13H19NO2S. The number of benzene rings is 1. The van der Waals surface area contributed by atoms with Gasteiger partial charge in [-0.3, -0.25) is 0 Å². The van der Waals surface area contributed by atoms with Crippen molar-refractivity contribution in [1.29, 1.82) is 0 Å². The van der Waals surface area contributed by atoms with Crippen LogP contribution in [0.5, 0.6) is 5.75 Å². The third-order valence-corrected chi connectivity index (χ3v) is 4.28. The normalized spacial score (nSPS) is 23.9. The Balaban J connectivity index is 1.85. The van der Waals surface area contributed by atoms with Crippen molar-refractivity contribution in [3.05, 3.63) is 29.8 Å². The van der Waals surface area contributed by atoms with Gasteiger partial charge in [0.2, 0.25) is 0 Å². The first-order valence-electron chi connectivity index (χ1n) is 5.86. The molecule has 2 rings (SSSR count). The van der Waals surface area contributed by atoms with E-state index >= 15 is 0 Å². The van der Waals surface area contributed by atoms with Crippen molar-refractivity contribution in [2.24, 2.45) is 0 Å². The molecule has 17 heavy (non-hydrogen) atoms. The quantitative estimate of drug-likeness (QED) is 0.837. The molecule has 94 valence electrons. The average molecular weight is 253 g/mol. The molecule has 0 aromatic heterocycles. The van der Waals surface area contributed by atoms with E-state index in [1.807, 2.05) is 36.0 Å². The minimum Gasteiger partial charge on any atom is -0.496 e. The van der Waals surface area contributed by atoms with Gasteiger partial charge >= 0.3 is 0 Å². The molecule has 1 aromatic carbocycles. The topological polar surface area (TPSA) is 41.5 Å². The SMILES string of the molecule is COc1ccccc1CNCC1(O)CCSC1. The van der Waals surface area contributed by atoms with E-state index in [4.69, 9.17) is 4.74 Å². The van der Waals surface area contributed by atoms with E-state index < -0.39 is 5.60 Å².